The van der Waals surface area contributed by atoms with Crippen molar-refractivity contribution in [1.29, 1.82) is 0 Å². The van der Waals surface area contributed by atoms with Gasteiger partial charge >= 0.3 is 5.97 Å². The summed E-state index contributed by atoms with van der Waals surface area (Å²) in [5, 5.41) is 16.4. The predicted molar refractivity (Wildman–Crippen MR) is 118 cm³/mol. The zero-order chi connectivity index (χ0) is 21.1. The largest absolute Gasteiger partial charge is 0.480 e. The number of thiazole rings is 1. The number of nitrogens with one attached hydrogen (secondary N) is 2. The number of amides is 1. The number of carboxylic acid groups (broad SMARTS) is 1. The highest BCUT2D eigenvalue weighted by atomic mass is 35.5. The van der Waals surface area contributed by atoms with E-state index in [-0.39, 0.29) is 18.7 Å². The third-order valence-corrected chi connectivity index (χ3v) is 5.91. The van der Waals surface area contributed by atoms with E-state index in [4.69, 9.17) is 11.6 Å². The maximum absolute atomic E-state index is 12.5. The standard InChI is InChI=1S/C22H18ClN3O3S/c23-15-7-5-13(6-8-15)21-25-16(12-30-21)10-20(27)26-19(22(28)29)9-14-11-24-18-4-2-1-3-17(14)18/h1-8,11-12,19,24H,9-10H2,(H,26,27)(H,28,29)/t19-/m0/s1. The number of nitrogens with zero attached hydrogens (tertiary/aromatic N) is 1. The zero-order valence-electron chi connectivity index (χ0n) is 15.8. The third-order valence-electron chi connectivity index (χ3n) is 4.72. The van der Waals surface area contributed by atoms with Gasteiger partial charge in [-0.2, -0.15) is 0 Å². The Balaban J connectivity index is 1.42. The van der Waals surface area contributed by atoms with Gasteiger partial charge in [-0.3, -0.25) is 4.79 Å². The molecule has 2 heterocycles. The number of aliphatic carboxylic acids is 1. The van der Waals surface area contributed by atoms with Crippen molar-refractivity contribution in [1.82, 2.24) is 15.3 Å². The number of aromatic nitrogens is 2. The average molecular weight is 440 g/mol. The van der Waals surface area contributed by atoms with Crippen molar-refractivity contribution >= 4 is 45.7 Å². The highest BCUT2D eigenvalue weighted by molar-refractivity contribution is 7.13. The van der Waals surface area contributed by atoms with Gasteiger partial charge in [-0.25, -0.2) is 9.78 Å². The predicted octanol–water partition coefficient (Wildman–Crippen LogP) is 4.30. The molecule has 8 heteroatoms. The first-order chi connectivity index (χ1) is 14.5. The lowest BCUT2D eigenvalue weighted by atomic mass is 10.0. The van der Waals surface area contributed by atoms with Crippen LogP contribution in [0.25, 0.3) is 21.5 Å². The highest BCUT2D eigenvalue weighted by Crippen LogP contribution is 2.25. The third kappa shape index (κ3) is 4.53. The van der Waals surface area contributed by atoms with E-state index in [1.54, 1.807) is 23.7 Å². The number of carbonyl (C=O) groups is 2. The molecule has 0 fully saturated rings. The summed E-state index contributed by atoms with van der Waals surface area (Å²) in [6.45, 7) is 0. The van der Waals surface area contributed by atoms with Gasteiger partial charge in [0, 0.05) is 39.5 Å². The number of hydrogen-bond acceptors (Lipinski definition) is 4. The molecule has 0 radical (unpaired) electrons. The first-order valence-electron chi connectivity index (χ1n) is 9.27. The molecular formula is C22H18ClN3O3S. The fraction of sp³-hybridized carbons (Fsp3) is 0.136. The van der Waals surface area contributed by atoms with Gasteiger partial charge in [-0.15, -0.1) is 11.3 Å². The molecular weight excluding hydrogens is 422 g/mol. The molecule has 4 rings (SSSR count). The van der Waals surface area contributed by atoms with Crippen LogP contribution in [0.4, 0.5) is 0 Å². The van der Waals surface area contributed by atoms with Gasteiger partial charge in [-0.05, 0) is 23.8 Å². The Labute approximate surface area is 181 Å². The molecule has 0 unspecified atom stereocenters. The van der Waals surface area contributed by atoms with Crippen LogP contribution in [0.3, 0.4) is 0 Å². The molecule has 0 aliphatic carbocycles. The summed E-state index contributed by atoms with van der Waals surface area (Å²) in [6, 6.07) is 13.9. The SMILES string of the molecule is O=C(Cc1csc(-c2ccc(Cl)cc2)n1)N[C@@H](Cc1c[nH]c2ccccc12)C(=O)O. The van der Waals surface area contributed by atoms with E-state index >= 15 is 0 Å². The van der Waals surface area contributed by atoms with E-state index in [1.807, 2.05) is 36.4 Å². The van der Waals surface area contributed by atoms with Crippen LogP contribution in [-0.2, 0) is 22.4 Å². The van der Waals surface area contributed by atoms with E-state index in [2.05, 4.69) is 15.3 Å². The highest BCUT2D eigenvalue weighted by Gasteiger charge is 2.22. The lowest BCUT2D eigenvalue weighted by molar-refractivity contribution is -0.141. The topological polar surface area (TPSA) is 95.1 Å². The minimum atomic E-state index is -1.08. The first-order valence-corrected chi connectivity index (χ1v) is 10.5. The smallest absolute Gasteiger partial charge is 0.326 e. The molecule has 0 saturated heterocycles. The summed E-state index contributed by atoms with van der Waals surface area (Å²) in [5.41, 5.74) is 3.29. The second-order valence-electron chi connectivity index (χ2n) is 6.85. The van der Waals surface area contributed by atoms with Crippen LogP contribution < -0.4 is 5.32 Å². The van der Waals surface area contributed by atoms with Gasteiger partial charge in [0.25, 0.3) is 0 Å². The number of hydrogen-bond donors (Lipinski definition) is 3. The van der Waals surface area contributed by atoms with Crippen molar-refractivity contribution in [2.24, 2.45) is 0 Å². The second-order valence-corrected chi connectivity index (χ2v) is 8.14. The minimum absolute atomic E-state index is 0.0156. The number of aromatic amines is 1. The number of fused-ring (bicyclic) bond motifs is 1. The van der Waals surface area contributed by atoms with Crippen molar-refractivity contribution in [3.8, 4) is 10.6 Å². The summed E-state index contributed by atoms with van der Waals surface area (Å²) >= 11 is 7.34. The number of benzene rings is 2. The molecule has 1 amide bonds. The molecule has 152 valence electrons. The Kier molecular flexibility index (Phi) is 5.83. The number of carbonyl (C=O) groups excluding carboxylic acids is 1. The monoisotopic (exact) mass is 439 g/mol. The molecule has 0 aliphatic rings. The lowest BCUT2D eigenvalue weighted by Crippen LogP contribution is -2.43. The maximum atomic E-state index is 12.5. The fourth-order valence-corrected chi connectivity index (χ4v) is 4.20. The zero-order valence-corrected chi connectivity index (χ0v) is 17.3. The number of carboxylic acids is 1. The number of rotatable bonds is 7. The molecule has 0 spiro atoms. The summed E-state index contributed by atoms with van der Waals surface area (Å²) in [7, 11) is 0. The van der Waals surface area contributed by atoms with Crippen LogP contribution >= 0.6 is 22.9 Å². The maximum Gasteiger partial charge on any atom is 0.326 e. The second kappa shape index (κ2) is 8.69. The van der Waals surface area contributed by atoms with E-state index < -0.39 is 12.0 Å². The summed E-state index contributed by atoms with van der Waals surface area (Å²) < 4.78 is 0. The van der Waals surface area contributed by atoms with Gasteiger partial charge in [0.05, 0.1) is 12.1 Å². The molecule has 0 aliphatic heterocycles. The molecule has 2 aromatic heterocycles. The van der Waals surface area contributed by atoms with Gasteiger partial charge in [0.1, 0.15) is 11.0 Å². The average Bonchev–Trinajstić information content (AvgIpc) is 3.35. The molecule has 1 atom stereocenters. The Morgan fingerprint density at radius 3 is 2.70 bits per heavy atom. The Morgan fingerprint density at radius 1 is 1.17 bits per heavy atom. The van der Waals surface area contributed by atoms with Crippen molar-refractivity contribution < 1.29 is 14.7 Å². The molecule has 2 aromatic carbocycles. The van der Waals surface area contributed by atoms with E-state index in [1.165, 1.54) is 11.3 Å². The van der Waals surface area contributed by atoms with E-state index in [0.29, 0.717) is 10.7 Å². The Hall–Kier alpha value is -3.16. The van der Waals surface area contributed by atoms with E-state index in [0.717, 1.165) is 27.0 Å². The normalized spacial score (nSPS) is 12.0. The molecule has 30 heavy (non-hydrogen) atoms. The number of para-hydroxylation sites is 1. The molecule has 6 nitrogen and oxygen atoms in total. The fourth-order valence-electron chi connectivity index (χ4n) is 3.24. The van der Waals surface area contributed by atoms with Crippen LogP contribution in [0.5, 0.6) is 0 Å². The first kappa shape index (κ1) is 20.1. The van der Waals surface area contributed by atoms with Gasteiger partial charge in [-0.1, -0.05) is 41.9 Å². The molecule has 0 bridgehead atoms. The minimum Gasteiger partial charge on any atom is -0.480 e. The van der Waals surface area contributed by atoms with Gasteiger partial charge in [0.15, 0.2) is 0 Å². The van der Waals surface area contributed by atoms with Crippen molar-refractivity contribution in [2.75, 3.05) is 0 Å². The van der Waals surface area contributed by atoms with Gasteiger partial charge < -0.3 is 15.4 Å². The van der Waals surface area contributed by atoms with E-state index in [9.17, 15) is 14.7 Å². The lowest BCUT2D eigenvalue weighted by Gasteiger charge is -2.14. The summed E-state index contributed by atoms with van der Waals surface area (Å²) in [6.07, 6.45) is 1.99. The van der Waals surface area contributed by atoms with Crippen LogP contribution in [-0.4, -0.2) is 33.0 Å². The Morgan fingerprint density at radius 2 is 1.93 bits per heavy atom. The van der Waals surface area contributed by atoms with Crippen LogP contribution in [0.2, 0.25) is 5.02 Å². The molecule has 3 N–H and O–H groups in total. The Bertz CT molecular complexity index is 1200. The summed E-state index contributed by atoms with van der Waals surface area (Å²) in [4.78, 5) is 31.8. The van der Waals surface area contributed by atoms with Crippen molar-refractivity contribution in [2.45, 2.75) is 18.9 Å². The quantitative estimate of drug-likeness (QED) is 0.400. The van der Waals surface area contributed by atoms with Gasteiger partial charge in [0.2, 0.25) is 5.91 Å². The van der Waals surface area contributed by atoms with Crippen molar-refractivity contribution in [3.63, 3.8) is 0 Å². The molecule has 0 saturated carbocycles. The number of H-pyrrole nitrogens is 1. The molecule has 4 aromatic rings. The van der Waals surface area contributed by atoms with Crippen molar-refractivity contribution in [3.05, 3.63) is 76.4 Å². The van der Waals surface area contributed by atoms with Crippen LogP contribution in [0.15, 0.2) is 60.1 Å². The number of halogens is 1. The van der Waals surface area contributed by atoms with Crippen LogP contribution in [0, 0.1) is 0 Å². The summed E-state index contributed by atoms with van der Waals surface area (Å²) in [5.74, 6) is -1.45. The van der Waals surface area contributed by atoms with Crippen LogP contribution in [0.1, 0.15) is 11.3 Å².